The molecule has 0 bridgehead atoms. The zero-order chi connectivity index (χ0) is 8.81. The molecule has 3 heteroatoms. The summed E-state index contributed by atoms with van der Waals surface area (Å²) in [5, 5.41) is 8.50. The van der Waals surface area contributed by atoms with Gasteiger partial charge in [0.1, 0.15) is 6.10 Å². The molecule has 0 aliphatic carbocycles. The second-order valence-corrected chi connectivity index (χ2v) is 3.25. The van der Waals surface area contributed by atoms with Gasteiger partial charge in [0.2, 0.25) is 0 Å². The summed E-state index contributed by atoms with van der Waals surface area (Å²) in [4.78, 5) is 0. The van der Waals surface area contributed by atoms with E-state index in [1.54, 1.807) is 6.08 Å². The van der Waals surface area contributed by atoms with Crippen molar-refractivity contribution in [3.63, 3.8) is 0 Å². The molecule has 1 rings (SSSR count). The first-order chi connectivity index (χ1) is 5.88. The number of aliphatic hydroxyl groups excluding tert-OH is 1. The maximum Gasteiger partial charge on any atom is 0.102 e. The number of hydrogen-bond acceptors (Lipinski definition) is 2. The van der Waals surface area contributed by atoms with Crippen LogP contribution in [0.2, 0.25) is 0 Å². The quantitative estimate of drug-likeness (QED) is 0.422. The second-order valence-electron chi connectivity index (χ2n) is 3.25. The summed E-state index contributed by atoms with van der Waals surface area (Å²) in [5.41, 5.74) is 0. The molecule has 1 saturated heterocycles. The molecule has 0 aromatic carbocycles. The van der Waals surface area contributed by atoms with Crippen LogP contribution in [0.25, 0.3) is 0 Å². The van der Waals surface area contributed by atoms with E-state index in [0.29, 0.717) is 12.2 Å². The minimum Gasteiger partial charge on any atom is -0.392 e. The van der Waals surface area contributed by atoms with Crippen molar-refractivity contribution < 1.29 is 53.9 Å². The molecule has 0 saturated carbocycles. The Kier molecular flexibility index (Phi) is 9.13. The number of hydrogen-bond donors (Lipinski definition) is 1. The third-order valence-electron chi connectivity index (χ3n) is 2.15. The SMILES string of the molecule is CCCCCC1OC1/C=C/CO.[Ac]. The Balaban J connectivity index is 0.00000144. The van der Waals surface area contributed by atoms with Crippen molar-refractivity contribution in [2.24, 2.45) is 0 Å². The van der Waals surface area contributed by atoms with E-state index in [1.165, 1.54) is 25.7 Å². The van der Waals surface area contributed by atoms with E-state index in [4.69, 9.17) is 9.84 Å². The minimum absolute atomic E-state index is 0. The van der Waals surface area contributed by atoms with Gasteiger partial charge in [-0.05, 0) is 6.42 Å². The molecule has 13 heavy (non-hydrogen) atoms. The van der Waals surface area contributed by atoms with E-state index in [1.807, 2.05) is 6.08 Å². The van der Waals surface area contributed by atoms with E-state index in [9.17, 15) is 0 Å². The summed E-state index contributed by atoms with van der Waals surface area (Å²) in [5.74, 6) is 0. The van der Waals surface area contributed by atoms with E-state index in [2.05, 4.69) is 6.92 Å². The average molecular weight is 397 g/mol. The van der Waals surface area contributed by atoms with Crippen LogP contribution in [0.3, 0.4) is 0 Å². The van der Waals surface area contributed by atoms with E-state index < -0.39 is 0 Å². The molecule has 0 spiro atoms. The number of rotatable bonds is 6. The van der Waals surface area contributed by atoms with Crippen molar-refractivity contribution in [1.29, 1.82) is 0 Å². The summed E-state index contributed by atoms with van der Waals surface area (Å²) < 4.78 is 5.37. The number of ether oxygens (including phenoxy) is 1. The largest absolute Gasteiger partial charge is 0.392 e. The van der Waals surface area contributed by atoms with Crippen LogP contribution in [0.5, 0.6) is 0 Å². The van der Waals surface area contributed by atoms with E-state index in [-0.39, 0.29) is 50.7 Å². The fourth-order valence-electron chi connectivity index (χ4n) is 1.35. The zero-order valence-electron chi connectivity index (χ0n) is 8.28. The van der Waals surface area contributed by atoms with Gasteiger partial charge in [-0.2, -0.15) is 0 Å². The van der Waals surface area contributed by atoms with Crippen LogP contribution >= 0.6 is 0 Å². The normalized spacial score (nSPS) is 26.0. The average Bonchev–Trinajstić information content (AvgIpc) is 2.81. The predicted molar refractivity (Wildman–Crippen MR) is 49.0 cm³/mol. The van der Waals surface area contributed by atoms with E-state index in [0.717, 1.165) is 0 Å². The topological polar surface area (TPSA) is 32.8 Å². The Morgan fingerprint density at radius 3 is 2.77 bits per heavy atom. The zero-order valence-corrected chi connectivity index (χ0v) is 13.0. The Bertz CT molecular complexity index is 148. The summed E-state index contributed by atoms with van der Waals surface area (Å²) in [6.07, 6.45) is 9.47. The second kappa shape index (κ2) is 8.41. The first kappa shape index (κ1) is 14.1. The third kappa shape index (κ3) is 6.23. The van der Waals surface area contributed by atoms with Gasteiger partial charge in [0, 0.05) is 44.1 Å². The van der Waals surface area contributed by atoms with Gasteiger partial charge < -0.3 is 9.84 Å². The van der Waals surface area contributed by atoms with Crippen LogP contribution in [0.4, 0.5) is 0 Å². The standard InChI is InChI=1S/C10H18O2.Ac/c1-2-3-4-6-9-10(12-9)7-5-8-11;/h5,7,9-11H,2-4,6,8H2,1H3;/b7-5+;. The fourth-order valence-corrected chi connectivity index (χ4v) is 1.35. The van der Waals surface area contributed by atoms with Crippen LogP contribution in [0.1, 0.15) is 32.6 Å². The maximum atomic E-state index is 8.50. The Morgan fingerprint density at radius 1 is 1.38 bits per heavy atom. The Hall–Kier alpha value is 1.10. The van der Waals surface area contributed by atoms with Gasteiger partial charge >= 0.3 is 0 Å². The van der Waals surface area contributed by atoms with Crippen LogP contribution in [0, 0.1) is 44.1 Å². The summed E-state index contributed by atoms with van der Waals surface area (Å²) >= 11 is 0. The van der Waals surface area contributed by atoms with Crippen molar-refractivity contribution in [2.45, 2.75) is 44.8 Å². The molecule has 1 radical (unpaired) electrons. The van der Waals surface area contributed by atoms with Gasteiger partial charge in [0.15, 0.2) is 0 Å². The third-order valence-corrected chi connectivity index (χ3v) is 2.15. The van der Waals surface area contributed by atoms with Crippen molar-refractivity contribution in [3.8, 4) is 0 Å². The van der Waals surface area contributed by atoms with Crippen LogP contribution in [-0.4, -0.2) is 23.9 Å². The first-order valence-corrected chi connectivity index (χ1v) is 4.81. The van der Waals surface area contributed by atoms with Crippen molar-refractivity contribution in [1.82, 2.24) is 0 Å². The van der Waals surface area contributed by atoms with Gasteiger partial charge in [0.25, 0.3) is 0 Å². The number of aliphatic hydroxyl groups is 1. The van der Waals surface area contributed by atoms with Gasteiger partial charge in [-0.3, -0.25) is 0 Å². The molecule has 0 aromatic heterocycles. The maximum absolute atomic E-state index is 8.50. The van der Waals surface area contributed by atoms with Gasteiger partial charge in [-0.15, -0.1) is 0 Å². The fraction of sp³-hybridized carbons (Fsp3) is 0.800. The summed E-state index contributed by atoms with van der Waals surface area (Å²) in [6.45, 7) is 2.33. The predicted octanol–water partition coefficient (Wildman–Crippen LogP) is 1.88. The Labute approximate surface area is 116 Å². The molecular formula is C10H18AcO2. The summed E-state index contributed by atoms with van der Waals surface area (Å²) in [6, 6.07) is 0. The van der Waals surface area contributed by atoms with Crippen LogP contribution in [-0.2, 0) is 4.74 Å². The molecule has 2 unspecified atom stereocenters. The molecule has 1 N–H and O–H groups in total. The molecule has 1 aliphatic heterocycles. The first-order valence-electron chi connectivity index (χ1n) is 4.81. The van der Waals surface area contributed by atoms with Crippen molar-refractivity contribution >= 4 is 0 Å². The molecule has 0 aromatic rings. The molecule has 1 fully saturated rings. The monoisotopic (exact) mass is 397 g/mol. The van der Waals surface area contributed by atoms with E-state index >= 15 is 0 Å². The molecule has 73 valence electrons. The van der Waals surface area contributed by atoms with Gasteiger partial charge in [-0.1, -0.05) is 38.3 Å². The number of unbranched alkanes of at least 4 members (excludes halogenated alkanes) is 2. The smallest absolute Gasteiger partial charge is 0.102 e. The molecule has 2 nitrogen and oxygen atoms in total. The Morgan fingerprint density at radius 2 is 2.15 bits per heavy atom. The van der Waals surface area contributed by atoms with Crippen molar-refractivity contribution in [2.75, 3.05) is 6.61 Å². The molecule has 0 amide bonds. The van der Waals surface area contributed by atoms with Crippen LogP contribution < -0.4 is 0 Å². The number of epoxide rings is 1. The summed E-state index contributed by atoms with van der Waals surface area (Å²) in [7, 11) is 0. The minimum atomic E-state index is 0. The molecule has 1 heterocycles. The molecule has 1 aliphatic rings. The van der Waals surface area contributed by atoms with Crippen molar-refractivity contribution in [3.05, 3.63) is 12.2 Å². The molecular weight excluding hydrogens is 379 g/mol. The van der Waals surface area contributed by atoms with Crippen LogP contribution in [0.15, 0.2) is 12.2 Å². The van der Waals surface area contributed by atoms with Gasteiger partial charge in [0.05, 0.1) is 12.7 Å². The molecule has 2 atom stereocenters. The van der Waals surface area contributed by atoms with Gasteiger partial charge in [-0.25, -0.2) is 0 Å².